The fraction of sp³-hybridized carbons (Fsp3) is 0.389. The fourth-order valence-corrected chi connectivity index (χ4v) is 3.79. The van der Waals surface area contributed by atoms with Crippen molar-refractivity contribution >= 4 is 29.3 Å². The highest BCUT2D eigenvalue weighted by Crippen LogP contribution is 2.22. The molecule has 2 heterocycles. The first-order chi connectivity index (χ1) is 12.5. The first-order valence-electron chi connectivity index (χ1n) is 8.63. The van der Waals surface area contributed by atoms with Gasteiger partial charge in [-0.3, -0.25) is 9.69 Å². The summed E-state index contributed by atoms with van der Waals surface area (Å²) in [6.07, 6.45) is 0.956. The van der Waals surface area contributed by atoms with E-state index in [9.17, 15) is 4.79 Å². The van der Waals surface area contributed by atoms with Gasteiger partial charge in [0.05, 0.1) is 5.25 Å². The summed E-state index contributed by atoms with van der Waals surface area (Å²) in [4.78, 5) is 23.0. The Balaban J connectivity index is 1.48. The third-order valence-corrected chi connectivity index (χ3v) is 5.23. The van der Waals surface area contributed by atoms with Crippen molar-refractivity contribution in [3.63, 3.8) is 0 Å². The van der Waals surface area contributed by atoms with E-state index in [-0.39, 0.29) is 17.2 Å². The molecule has 0 saturated carbocycles. The van der Waals surface area contributed by atoms with E-state index < -0.39 is 0 Å². The van der Waals surface area contributed by atoms with E-state index in [0.717, 1.165) is 26.1 Å². The number of carbonyl (C=O) groups excluding carboxylic acids is 1. The minimum Gasteiger partial charge on any atom is -0.383 e. The molecule has 2 aromatic rings. The lowest BCUT2D eigenvalue weighted by molar-refractivity contribution is -0.120. The van der Waals surface area contributed by atoms with Crippen molar-refractivity contribution < 1.29 is 4.79 Å². The molecule has 1 aliphatic heterocycles. The summed E-state index contributed by atoms with van der Waals surface area (Å²) in [6.45, 7) is 4.59. The number of nitrogens with two attached hydrogens (primary N) is 2. The van der Waals surface area contributed by atoms with Gasteiger partial charge in [0.25, 0.3) is 0 Å². The average molecular weight is 372 g/mol. The van der Waals surface area contributed by atoms with Gasteiger partial charge in [-0.15, -0.1) is 0 Å². The maximum atomic E-state index is 12.5. The normalized spacial score (nSPS) is 18.6. The van der Waals surface area contributed by atoms with Gasteiger partial charge < -0.3 is 16.8 Å². The van der Waals surface area contributed by atoms with E-state index in [2.05, 4.69) is 44.5 Å². The van der Waals surface area contributed by atoms with Crippen LogP contribution in [0.15, 0.2) is 41.6 Å². The average Bonchev–Trinajstić information content (AvgIpc) is 3.01. The minimum absolute atomic E-state index is 0.0221. The summed E-state index contributed by atoms with van der Waals surface area (Å²) in [5.74, 6) is 0.589. The first-order valence-corrected chi connectivity index (χ1v) is 9.51. The maximum Gasteiger partial charge on any atom is 0.233 e. The van der Waals surface area contributed by atoms with Crippen LogP contribution >= 0.6 is 11.8 Å². The van der Waals surface area contributed by atoms with Crippen molar-refractivity contribution in [2.45, 2.75) is 36.3 Å². The summed E-state index contributed by atoms with van der Waals surface area (Å²) < 4.78 is 0. The predicted octanol–water partition coefficient (Wildman–Crippen LogP) is 1.51. The summed E-state index contributed by atoms with van der Waals surface area (Å²) in [5, 5.41) is 3.22. The Morgan fingerprint density at radius 3 is 2.69 bits per heavy atom. The van der Waals surface area contributed by atoms with Gasteiger partial charge in [0.1, 0.15) is 11.6 Å². The molecule has 0 radical (unpaired) electrons. The fourth-order valence-electron chi connectivity index (χ4n) is 2.98. The molecule has 0 aliphatic carbocycles. The van der Waals surface area contributed by atoms with Crippen LogP contribution in [0.3, 0.4) is 0 Å². The highest BCUT2D eigenvalue weighted by molar-refractivity contribution is 8.00. The monoisotopic (exact) mass is 372 g/mol. The molecule has 2 atom stereocenters. The van der Waals surface area contributed by atoms with Crippen molar-refractivity contribution in [3.8, 4) is 0 Å². The standard InChI is InChI=1S/C18H24N6OS/c1-12(26-18-22-15(19)9-16(20)23-18)17(25)21-14-7-8-24(11-14)10-13-5-3-2-4-6-13/h2-6,9,12,14H,7-8,10-11H2,1H3,(H,21,25)(H4,19,20,22,23). The number of nitrogen functional groups attached to an aromatic ring is 2. The number of nitrogens with zero attached hydrogens (tertiary/aromatic N) is 3. The smallest absolute Gasteiger partial charge is 0.233 e. The highest BCUT2D eigenvalue weighted by Gasteiger charge is 2.26. The zero-order valence-corrected chi connectivity index (χ0v) is 15.6. The number of anilines is 2. The van der Waals surface area contributed by atoms with Crippen molar-refractivity contribution in [3.05, 3.63) is 42.0 Å². The Labute approximate surface area is 157 Å². The minimum atomic E-state index is -0.320. The Morgan fingerprint density at radius 1 is 1.31 bits per heavy atom. The number of carbonyl (C=O) groups is 1. The van der Waals surface area contributed by atoms with Gasteiger partial charge in [-0.25, -0.2) is 9.97 Å². The second-order valence-electron chi connectivity index (χ2n) is 6.48. The molecule has 7 nitrogen and oxygen atoms in total. The van der Waals surface area contributed by atoms with Gasteiger partial charge in [0.15, 0.2) is 5.16 Å². The zero-order valence-electron chi connectivity index (χ0n) is 14.8. The first kappa shape index (κ1) is 18.5. The predicted molar refractivity (Wildman–Crippen MR) is 104 cm³/mol. The van der Waals surface area contributed by atoms with Gasteiger partial charge in [-0.05, 0) is 18.9 Å². The molecule has 5 N–H and O–H groups in total. The number of aromatic nitrogens is 2. The molecule has 8 heteroatoms. The number of rotatable bonds is 6. The topological polar surface area (TPSA) is 110 Å². The van der Waals surface area contributed by atoms with Crippen LogP contribution in [0.4, 0.5) is 11.6 Å². The quantitative estimate of drug-likeness (QED) is 0.521. The van der Waals surface area contributed by atoms with E-state index >= 15 is 0 Å². The van der Waals surface area contributed by atoms with Gasteiger partial charge in [-0.1, -0.05) is 42.1 Å². The van der Waals surface area contributed by atoms with E-state index in [0.29, 0.717) is 16.8 Å². The largest absolute Gasteiger partial charge is 0.383 e. The van der Waals surface area contributed by atoms with E-state index in [1.54, 1.807) is 0 Å². The molecule has 138 valence electrons. The van der Waals surface area contributed by atoms with E-state index in [4.69, 9.17) is 11.5 Å². The molecule has 1 saturated heterocycles. The molecule has 2 unspecified atom stereocenters. The summed E-state index contributed by atoms with van der Waals surface area (Å²) in [7, 11) is 0. The van der Waals surface area contributed by atoms with E-state index in [1.807, 2.05) is 13.0 Å². The molecule has 1 aliphatic rings. The van der Waals surface area contributed by atoms with Crippen LogP contribution < -0.4 is 16.8 Å². The third-order valence-electron chi connectivity index (χ3n) is 4.26. The molecule has 26 heavy (non-hydrogen) atoms. The second kappa shape index (κ2) is 8.37. The molecule has 1 amide bonds. The highest BCUT2D eigenvalue weighted by atomic mass is 32.2. The SMILES string of the molecule is CC(Sc1nc(N)cc(N)n1)C(=O)NC1CCN(Cc2ccccc2)C1. The van der Waals surface area contributed by atoms with Crippen LogP contribution in [-0.4, -0.2) is 45.2 Å². The third kappa shape index (κ3) is 5.09. The van der Waals surface area contributed by atoms with Crippen molar-refractivity contribution in [2.75, 3.05) is 24.6 Å². The van der Waals surface area contributed by atoms with Crippen LogP contribution in [-0.2, 0) is 11.3 Å². The van der Waals surface area contributed by atoms with Crippen molar-refractivity contribution in [1.29, 1.82) is 0 Å². The molecular formula is C18H24N6OS. The summed E-state index contributed by atoms with van der Waals surface area (Å²) in [6, 6.07) is 12.0. The Morgan fingerprint density at radius 2 is 2.00 bits per heavy atom. The van der Waals surface area contributed by atoms with Crippen molar-refractivity contribution in [1.82, 2.24) is 20.2 Å². The molecule has 0 spiro atoms. The Hall–Kier alpha value is -2.32. The van der Waals surface area contributed by atoms with E-state index in [1.165, 1.54) is 23.4 Å². The molecular weight excluding hydrogens is 348 g/mol. The summed E-state index contributed by atoms with van der Waals surface area (Å²) >= 11 is 1.26. The number of thioether (sulfide) groups is 1. The lowest BCUT2D eigenvalue weighted by Gasteiger charge is -2.18. The molecule has 3 rings (SSSR count). The second-order valence-corrected chi connectivity index (χ2v) is 7.78. The van der Waals surface area contributed by atoms with Crippen LogP contribution in [0.5, 0.6) is 0 Å². The molecule has 1 aromatic heterocycles. The number of amides is 1. The number of likely N-dealkylation sites (tertiary alicyclic amines) is 1. The van der Waals surface area contributed by atoms with Gasteiger partial charge in [-0.2, -0.15) is 0 Å². The molecule has 1 fully saturated rings. The van der Waals surface area contributed by atoms with Gasteiger partial charge >= 0.3 is 0 Å². The Kier molecular flexibility index (Phi) is 5.95. The number of benzene rings is 1. The maximum absolute atomic E-state index is 12.5. The zero-order chi connectivity index (χ0) is 18.5. The number of hydrogen-bond acceptors (Lipinski definition) is 7. The van der Waals surface area contributed by atoms with Gasteiger partial charge in [0.2, 0.25) is 5.91 Å². The van der Waals surface area contributed by atoms with Crippen LogP contribution in [0.25, 0.3) is 0 Å². The van der Waals surface area contributed by atoms with Crippen LogP contribution in [0, 0.1) is 0 Å². The molecule has 1 aromatic carbocycles. The number of hydrogen-bond donors (Lipinski definition) is 3. The Bertz CT molecular complexity index is 736. The van der Waals surface area contributed by atoms with Crippen LogP contribution in [0.2, 0.25) is 0 Å². The molecule has 0 bridgehead atoms. The lowest BCUT2D eigenvalue weighted by atomic mass is 10.2. The van der Waals surface area contributed by atoms with Crippen molar-refractivity contribution in [2.24, 2.45) is 0 Å². The summed E-state index contributed by atoms with van der Waals surface area (Å²) in [5.41, 5.74) is 12.6. The number of nitrogens with one attached hydrogen (secondary N) is 1. The van der Waals surface area contributed by atoms with Crippen LogP contribution in [0.1, 0.15) is 18.9 Å². The lowest BCUT2D eigenvalue weighted by Crippen LogP contribution is -2.40. The van der Waals surface area contributed by atoms with Gasteiger partial charge in [0, 0.05) is 31.7 Å².